The predicted octanol–water partition coefficient (Wildman–Crippen LogP) is 1.30. The summed E-state index contributed by atoms with van der Waals surface area (Å²) in [5.41, 5.74) is 6.40. The van der Waals surface area contributed by atoms with Gasteiger partial charge in [0.05, 0.1) is 18.7 Å². The molecule has 0 radical (unpaired) electrons. The van der Waals surface area contributed by atoms with Gasteiger partial charge in [-0.1, -0.05) is 0 Å². The van der Waals surface area contributed by atoms with Crippen LogP contribution in [-0.2, 0) is 0 Å². The Hall–Kier alpha value is -3.14. The fourth-order valence-electron chi connectivity index (χ4n) is 1.64. The van der Waals surface area contributed by atoms with Gasteiger partial charge in [-0.05, 0) is 24.3 Å². The number of rotatable bonds is 3. The topological polar surface area (TPSA) is 122 Å². The van der Waals surface area contributed by atoms with Crippen molar-refractivity contribution in [2.75, 3.05) is 12.8 Å². The summed E-state index contributed by atoms with van der Waals surface area (Å²) in [6.45, 7) is 0. The maximum atomic E-state index is 11.1. The van der Waals surface area contributed by atoms with Crippen molar-refractivity contribution in [1.82, 2.24) is 9.97 Å². The van der Waals surface area contributed by atoms with Gasteiger partial charge in [-0.25, -0.2) is 14.8 Å². The van der Waals surface area contributed by atoms with Crippen LogP contribution in [0.3, 0.4) is 0 Å². The van der Waals surface area contributed by atoms with E-state index in [9.17, 15) is 4.79 Å². The van der Waals surface area contributed by atoms with Crippen LogP contribution in [0.2, 0.25) is 0 Å². The number of benzene rings is 1. The minimum atomic E-state index is -1.26. The molecule has 0 fully saturated rings. The van der Waals surface area contributed by atoms with Gasteiger partial charge in [-0.3, -0.25) is 0 Å². The number of methoxy groups -OCH3 is 1. The molecule has 0 aliphatic rings. The average Bonchev–Trinajstić information content (AvgIpc) is 2.46. The minimum Gasteiger partial charge on any atom is -0.491 e. The van der Waals surface area contributed by atoms with E-state index in [2.05, 4.69) is 9.97 Å². The molecule has 1 heterocycles. The number of hydrogen-bond donors (Lipinski definition) is 2. The Labute approximate surface area is 114 Å². The Bertz CT molecular complexity index is 705. The normalized spacial score (nSPS) is 9.80. The molecule has 0 saturated carbocycles. The molecule has 0 atom stereocenters. The van der Waals surface area contributed by atoms with E-state index in [1.165, 1.54) is 7.11 Å². The smallest absolute Gasteiger partial charge is 0.358 e. The summed E-state index contributed by atoms with van der Waals surface area (Å²) in [5, 5.41) is 17.8. The van der Waals surface area contributed by atoms with Gasteiger partial charge >= 0.3 is 5.97 Å². The second-order valence-electron chi connectivity index (χ2n) is 3.81. The first-order valence-corrected chi connectivity index (χ1v) is 5.52. The lowest BCUT2D eigenvalue weighted by atomic mass is 10.1. The first kappa shape index (κ1) is 13.3. The number of carboxylic acid groups (broad SMARTS) is 1. The molecule has 2 rings (SSSR count). The molecule has 7 nitrogen and oxygen atoms in total. The number of aromatic nitrogens is 2. The van der Waals surface area contributed by atoms with Crippen molar-refractivity contribution in [3.8, 4) is 23.2 Å². The van der Waals surface area contributed by atoms with Gasteiger partial charge in [0.15, 0.2) is 23.1 Å². The summed E-state index contributed by atoms with van der Waals surface area (Å²) in [4.78, 5) is 19.1. The van der Waals surface area contributed by atoms with E-state index >= 15 is 0 Å². The van der Waals surface area contributed by atoms with Crippen LogP contribution in [0.15, 0.2) is 24.3 Å². The number of nitrogens with zero attached hydrogens (tertiary/aromatic N) is 3. The second kappa shape index (κ2) is 5.24. The third-order valence-corrected chi connectivity index (χ3v) is 2.57. The zero-order chi connectivity index (χ0) is 14.7. The molecule has 1 aromatic heterocycles. The summed E-state index contributed by atoms with van der Waals surface area (Å²) in [6.07, 6.45) is 0. The van der Waals surface area contributed by atoms with E-state index in [-0.39, 0.29) is 23.1 Å². The molecule has 0 aliphatic carbocycles. The van der Waals surface area contributed by atoms with Crippen molar-refractivity contribution in [2.45, 2.75) is 0 Å². The second-order valence-corrected chi connectivity index (χ2v) is 3.81. The third-order valence-electron chi connectivity index (χ3n) is 2.57. The van der Waals surface area contributed by atoms with Gasteiger partial charge < -0.3 is 15.6 Å². The number of carboxylic acids is 1. The number of nitrogens with two attached hydrogens (primary N) is 1. The largest absolute Gasteiger partial charge is 0.491 e. The van der Waals surface area contributed by atoms with Crippen molar-refractivity contribution in [3.05, 3.63) is 35.5 Å². The number of nitrogen functional groups attached to an aromatic ring is 1. The predicted molar refractivity (Wildman–Crippen MR) is 70.1 cm³/mol. The lowest BCUT2D eigenvalue weighted by Crippen LogP contribution is -2.09. The highest BCUT2D eigenvalue weighted by Crippen LogP contribution is 2.26. The van der Waals surface area contributed by atoms with Gasteiger partial charge in [-0.2, -0.15) is 5.26 Å². The maximum Gasteiger partial charge on any atom is 0.358 e. The van der Waals surface area contributed by atoms with E-state index in [1.807, 2.05) is 6.07 Å². The van der Waals surface area contributed by atoms with Gasteiger partial charge in [0, 0.05) is 5.56 Å². The summed E-state index contributed by atoms with van der Waals surface area (Å²) in [5.74, 6) is -1.23. The van der Waals surface area contributed by atoms with Crippen molar-refractivity contribution in [2.24, 2.45) is 0 Å². The summed E-state index contributed by atoms with van der Waals surface area (Å²) in [7, 11) is 1.29. The number of nitriles is 1. The number of hydrogen-bond acceptors (Lipinski definition) is 6. The van der Waals surface area contributed by atoms with E-state index in [4.69, 9.17) is 20.8 Å². The summed E-state index contributed by atoms with van der Waals surface area (Å²) >= 11 is 0. The van der Waals surface area contributed by atoms with Gasteiger partial charge in [0.25, 0.3) is 0 Å². The zero-order valence-corrected chi connectivity index (χ0v) is 10.5. The zero-order valence-electron chi connectivity index (χ0n) is 10.5. The minimum absolute atomic E-state index is 0.0562. The van der Waals surface area contributed by atoms with Gasteiger partial charge in [-0.15, -0.1) is 0 Å². The Kier molecular flexibility index (Phi) is 3.48. The fraction of sp³-hybridized carbons (Fsp3) is 0.0769. The lowest BCUT2D eigenvalue weighted by molar-refractivity contribution is 0.0686. The molecule has 0 saturated heterocycles. The van der Waals surface area contributed by atoms with Crippen molar-refractivity contribution in [3.63, 3.8) is 0 Å². The van der Waals surface area contributed by atoms with Crippen molar-refractivity contribution in [1.29, 1.82) is 5.26 Å². The number of ether oxygens (including phenoxy) is 1. The highest BCUT2D eigenvalue weighted by molar-refractivity contribution is 5.91. The standard InChI is InChI=1S/C13H10N4O3/c1-20-10-9(13(18)19)16-12(17-11(10)15)8-4-2-7(6-14)3-5-8/h2-5H,1H3,(H,18,19)(H2,15,16,17). The molecule has 100 valence electrons. The summed E-state index contributed by atoms with van der Waals surface area (Å²) < 4.78 is 4.89. The number of carbonyl (C=O) groups is 1. The van der Waals surface area contributed by atoms with Crippen LogP contribution in [0.1, 0.15) is 16.1 Å². The molecular formula is C13H10N4O3. The van der Waals surface area contributed by atoms with Crippen LogP contribution in [0, 0.1) is 11.3 Å². The fourth-order valence-corrected chi connectivity index (χ4v) is 1.64. The first-order valence-electron chi connectivity index (χ1n) is 5.52. The Morgan fingerprint density at radius 2 is 2.00 bits per heavy atom. The molecule has 0 spiro atoms. The molecule has 0 aliphatic heterocycles. The Morgan fingerprint density at radius 1 is 1.35 bits per heavy atom. The van der Waals surface area contributed by atoms with Crippen LogP contribution in [-0.4, -0.2) is 28.2 Å². The van der Waals surface area contributed by atoms with Crippen molar-refractivity contribution >= 4 is 11.8 Å². The van der Waals surface area contributed by atoms with Crippen LogP contribution >= 0.6 is 0 Å². The first-order chi connectivity index (χ1) is 9.56. The molecule has 7 heteroatoms. The number of aromatic carboxylic acids is 1. The van der Waals surface area contributed by atoms with Crippen molar-refractivity contribution < 1.29 is 14.6 Å². The molecule has 1 aromatic carbocycles. The van der Waals surface area contributed by atoms with E-state index < -0.39 is 5.97 Å². The SMILES string of the molecule is COc1c(N)nc(-c2ccc(C#N)cc2)nc1C(=O)O. The Morgan fingerprint density at radius 3 is 2.50 bits per heavy atom. The quantitative estimate of drug-likeness (QED) is 0.861. The maximum absolute atomic E-state index is 11.1. The van der Waals surface area contributed by atoms with Gasteiger partial charge in [0.2, 0.25) is 0 Å². The molecule has 3 N–H and O–H groups in total. The van der Waals surface area contributed by atoms with E-state index in [0.29, 0.717) is 11.1 Å². The summed E-state index contributed by atoms with van der Waals surface area (Å²) in [6, 6.07) is 8.38. The van der Waals surface area contributed by atoms with Crippen LogP contribution in [0.5, 0.6) is 5.75 Å². The molecule has 2 aromatic rings. The van der Waals surface area contributed by atoms with E-state index in [0.717, 1.165) is 0 Å². The van der Waals surface area contributed by atoms with Gasteiger partial charge in [0.1, 0.15) is 0 Å². The third kappa shape index (κ3) is 2.35. The lowest BCUT2D eigenvalue weighted by Gasteiger charge is -2.09. The highest BCUT2D eigenvalue weighted by atomic mass is 16.5. The van der Waals surface area contributed by atoms with E-state index in [1.54, 1.807) is 24.3 Å². The molecule has 0 amide bonds. The molecular weight excluding hydrogens is 260 g/mol. The molecule has 0 unspecified atom stereocenters. The van der Waals surface area contributed by atoms with Crippen LogP contribution < -0.4 is 10.5 Å². The number of anilines is 1. The Balaban J connectivity index is 2.57. The van der Waals surface area contributed by atoms with Crippen LogP contribution in [0.25, 0.3) is 11.4 Å². The highest BCUT2D eigenvalue weighted by Gasteiger charge is 2.19. The van der Waals surface area contributed by atoms with Crippen LogP contribution in [0.4, 0.5) is 5.82 Å². The monoisotopic (exact) mass is 270 g/mol. The average molecular weight is 270 g/mol. The molecule has 0 bridgehead atoms. The molecule has 20 heavy (non-hydrogen) atoms.